The van der Waals surface area contributed by atoms with E-state index in [-0.39, 0.29) is 24.2 Å². The van der Waals surface area contributed by atoms with Crippen LogP contribution in [-0.4, -0.2) is 42.3 Å². The topological polar surface area (TPSA) is 106 Å². The molecule has 0 saturated carbocycles. The molecule has 4 rings (SSSR count). The molecule has 3 heterocycles. The molecule has 34 heavy (non-hydrogen) atoms. The SMILES string of the molecule is Cc1cc(Nc2nccc(C(F)(F)F)n2)cc(-c2cnc(C3(NS(=O)(=O)C(F)F)COC3)s2)c1. The Hall–Kier alpha value is -2.75. The first-order valence-corrected chi connectivity index (χ1v) is 11.9. The maximum atomic E-state index is 12.9. The standard InChI is InChI=1S/C19H16F5N5O3S2/c1-10-4-11(6-12(5-10)27-17-25-3-2-14(28-17)19(22,23)24)13-7-26-15(33-13)18(8-32-9-18)29-34(30,31)16(20)21/h2-7,16,29H,8-9H2,1H3,(H,25,27,28). The van der Waals surface area contributed by atoms with Gasteiger partial charge in [-0.15, -0.1) is 11.3 Å². The molecule has 0 unspecified atom stereocenters. The first-order chi connectivity index (χ1) is 15.9. The lowest BCUT2D eigenvalue weighted by atomic mass is 10.0. The molecular weight excluding hydrogens is 505 g/mol. The molecule has 3 aromatic rings. The number of alkyl halides is 5. The fourth-order valence-corrected chi connectivity index (χ4v) is 5.11. The van der Waals surface area contributed by atoms with Crippen molar-refractivity contribution in [2.24, 2.45) is 0 Å². The number of rotatable bonds is 7. The van der Waals surface area contributed by atoms with E-state index in [4.69, 9.17) is 4.74 Å². The number of hydrogen-bond donors (Lipinski definition) is 2. The third-order valence-corrected chi connectivity index (χ3v) is 7.14. The highest BCUT2D eigenvalue weighted by molar-refractivity contribution is 7.89. The molecule has 0 radical (unpaired) electrons. The van der Waals surface area contributed by atoms with Crippen molar-refractivity contribution in [3.8, 4) is 10.4 Å². The molecule has 1 aliphatic heterocycles. The molecule has 1 aromatic carbocycles. The summed E-state index contributed by atoms with van der Waals surface area (Å²) in [5, 5.41) is 2.98. The van der Waals surface area contributed by atoms with Gasteiger partial charge < -0.3 is 10.1 Å². The molecule has 1 fully saturated rings. The first-order valence-electron chi connectivity index (χ1n) is 9.52. The Kier molecular flexibility index (Phi) is 6.30. The molecule has 8 nitrogen and oxygen atoms in total. The number of aromatic nitrogens is 3. The predicted octanol–water partition coefficient (Wildman–Crippen LogP) is 4.04. The van der Waals surface area contributed by atoms with Gasteiger partial charge in [0.15, 0.2) is 0 Å². The second-order valence-corrected chi connectivity index (χ2v) is 10.2. The monoisotopic (exact) mass is 521 g/mol. The average Bonchev–Trinajstić information content (AvgIpc) is 3.20. The number of aryl methyl sites for hydroxylation is 1. The van der Waals surface area contributed by atoms with E-state index in [0.29, 0.717) is 16.1 Å². The van der Waals surface area contributed by atoms with Gasteiger partial charge in [0.1, 0.15) is 16.2 Å². The van der Waals surface area contributed by atoms with E-state index >= 15 is 0 Å². The van der Waals surface area contributed by atoms with Crippen LogP contribution in [0.25, 0.3) is 10.4 Å². The summed E-state index contributed by atoms with van der Waals surface area (Å²) in [5.74, 6) is -3.85. The summed E-state index contributed by atoms with van der Waals surface area (Å²) in [6.07, 6.45) is -2.18. The molecule has 0 atom stereocenters. The minimum Gasteiger partial charge on any atom is -0.376 e. The Morgan fingerprint density at radius 2 is 1.91 bits per heavy atom. The van der Waals surface area contributed by atoms with Crippen molar-refractivity contribution in [1.29, 1.82) is 0 Å². The highest BCUT2D eigenvalue weighted by Crippen LogP contribution is 2.38. The zero-order valence-corrected chi connectivity index (χ0v) is 18.9. The van der Waals surface area contributed by atoms with Crippen LogP contribution in [0, 0.1) is 6.92 Å². The lowest BCUT2D eigenvalue weighted by molar-refractivity contribution is -0.141. The van der Waals surface area contributed by atoms with E-state index in [1.165, 1.54) is 6.20 Å². The Labute approximate surface area is 194 Å². The summed E-state index contributed by atoms with van der Waals surface area (Å²) >= 11 is 1.08. The number of hydrogen-bond acceptors (Lipinski definition) is 8. The van der Waals surface area contributed by atoms with E-state index in [2.05, 4.69) is 20.3 Å². The van der Waals surface area contributed by atoms with Crippen LogP contribution in [0.5, 0.6) is 0 Å². The van der Waals surface area contributed by atoms with Crippen molar-refractivity contribution in [3.63, 3.8) is 0 Å². The van der Waals surface area contributed by atoms with E-state index in [9.17, 15) is 30.4 Å². The van der Waals surface area contributed by atoms with Crippen LogP contribution in [0.4, 0.5) is 33.6 Å². The molecule has 182 valence electrons. The minimum atomic E-state index is -4.88. The van der Waals surface area contributed by atoms with Gasteiger partial charge in [-0.1, -0.05) is 6.07 Å². The minimum absolute atomic E-state index is 0.153. The predicted molar refractivity (Wildman–Crippen MR) is 113 cm³/mol. The fourth-order valence-electron chi connectivity index (χ4n) is 3.18. The summed E-state index contributed by atoms with van der Waals surface area (Å²) in [4.78, 5) is 12.1. The highest BCUT2D eigenvalue weighted by atomic mass is 32.2. The number of halogens is 5. The fraction of sp³-hybridized carbons (Fsp3) is 0.316. The molecule has 1 aliphatic rings. The number of ether oxygens (including phenoxy) is 1. The Morgan fingerprint density at radius 1 is 1.18 bits per heavy atom. The van der Waals surface area contributed by atoms with Gasteiger partial charge in [-0.05, 0) is 36.2 Å². The van der Waals surface area contributed by atoms with E-state index in [1.807, 2.05) is 4.72 Å². The number of anilines is 2. The first kappa shape index (κ1) is 24.4. The van der Waals surface area contributed by atoms with Crippen LogP contribution in [0.2, 0.25) is 0 Å². The Balaban J connectivity index is 1.61. The number of thiazole rings is 1. The van der Waals surface area contributed by atoms with Crippen molar-refractivity contribution >= 4 is 33.0 Å². The lowest BCUT2D eigenvalue weighted by Crippen LogP contribution is -2.60. The highest BCUT2D eigenvalue weighted by Gasteiger charge is 2.48. The van der Waals surface area contributed by atoms with Crippen molar-refractivity contribution in [2.75, 3.05) is 18.5 Å². The molecular formula is C19H16F5N5O3S2. The lowest BCUT2D eigenvalue weighted by Gasteiger charge is -2.39. The quantitative estimate of drug-likeness (QED) is 0.452. The summed E-state index contributed by atoms with van der Waals surface area (Å²) in [6, 6.07) is 5.84. The van der Waals surface area contributed by atoms with Crippen LogP contribution >= 0.6 is 11.3 Å². The average molecular weight is 521 g/mol. The van der Waals surface area contributed by atoms with Crippen LogP contribution in [0.15, 0.2) is 36.7 Å². The van der Waals surface area contributed by atoms with Gasteiger partial charge in [0.25, 0.3) is 10.0 Å². The molecule has 1 saturated heterocycles. The number of sulfonamides is 1. The van der Waals surface area contributed by atoms with Gasteiger partial charge in [-0.2, -0.15) is 26.7 Å². The third-order valence-electron chi connectivity index (χ3n) is 4.75. The van der Waals surface area contributed by atoms with E-state index in [0.717, 1.165) is 29.2 Å². The van der Waals surface area contributed by atoms with Crippen LogP contribution in [-0.2, 0) is 26.5 Å². The van der Waals surface area contributed by atoms with Gasteiger partial charge >= 0.3 is 11.9 Å². The van der Waals surface area contributed by atoms with E-state index < -0.39 is 33.2 Å². The largest absolute Gasteiger partial charge is 0.433 e. The van der Waals surface area contributed by atoms with Crippen LogP contribution in [0.1, 0.15) is 16.3 Å². The maximum Gasteiger partial charge on any atom is 0.433 e. The van der Waals surface area contributed by atoms with Crippen molar-refractivity contribution in [3.05, 3.63) is 52.9 Å². The molecule has 2 aromatic heterocycles. The molecule has 0 bridgehead atoms. The zero-order chi connectivity index (χ0) is 24.7. The zero-order valence-electron chi connectivity index (χ0n) is 17.2. The van der Waals surface area contributed by atoms with Gasteiger partial charge in [0.05, 0.1) is 18.1 Å². The molecule has 0 aliphatic carbocycles. The van der Waals surface area contributed by atoms with Gasteiger partial charge in [0, 0.05) is 18.1 Å². The Bertz CT molecular complexity index is 1310. The van der Waals surface area contributed by atoms with Crippen LogP contribution < -0.4 is 10.0 Å². The van der Waals surface area contributed by atoms with Crippen molar-refractivity contribution in [2.45, 2.75) is 24.4 Å². The van der Waals surface area contributed by atoms with E-state index in [1.54, 1.807) is 25.1 Å². The third kappa shape index (κ3) is 5.01. The van der Waals surface area contributed by atoms with Gasteiger partial charge in [-0.25, -0.2) is 23.4 Å². The second kappa shape index (κ2) is 8.79. The molecule has 0 spiro atoms. The smallest absolute Gasteiger partial charge is 0.376 e. The molecule has 0 amide bonds. The van der Waals surface area contributed by atoms with Crippen LogP contribution in [0.3, 0.4) is 0 Å². The summed E-state index contributed by atoms with van der Waals surface area (Å²) in [6.45, 7) is 1.46. The van der Waals surface area contributed by atoms with Gasteiger partial charge in [-0.3, -0.25) is 0 Å². The summed E-state index contributed by atoms with van der Waals surface area (Å²) < 4.78 is 94.9. The van der Waals surface area contributed by atoms with Gasteiger partial charge in [0.2, 0.25) is 5.95 Å². The maximum absolute atomic E-state index is 12.9. The molecule has 2 N–H and O–H groups in total. The summed E-state index contributed by atoms with van der Waals surface area (Å²) in [5.41, 5.74) is -0.712. The molecule has 15 heteroatoms. The van der Waals surface area contributed by atoms with Crippen molar-refractivity contribution in [1.82, 2.24) is 19.7 Å². The Morgan fingerprint density at radius 3 is 2.53 bits per heavy atom. The second-order valence-electron chi connectivity index (χ2n) is 7.49. The summed E-state index contributed by atoms with van der Waals surface area (Å²) in [7, 11) is -4.88. The van der Waals surface area contributed by atoms with Crippen molar-refractivity contribution < 1.29 is 35.1 Å². The number of nitrogens with zero attached hydrogens (tertiary/aromatic N) is 3. The number of benzene rings is 1. The normalized spacial score (nSPS) is 15.9. The number of nitrogens with one attached hydrogen (secondary N) is 2.